The molecule has 0 atom stereocenters. The summed E-state index contributed by atoms with van der Waals surface area (Å²) in [5.74, 6) is -0.136. The lowest BCUT2D eigenvalue weighted by Crippen LogP contribution is -2.44. The quantitative estimate of drug-likeness (QED) is 0.656. The molecule has 1 N–H and O–H groups in total. The minimum atomic E-state index is -0.150. The maximum absolute atomic E-state index is 13.1. The zero-order chi connectivity index (χ0) is 19.7. The third kappa shape index (κ3) is 3.56. The molecule has 0 spiro atoms. The number of hydrogen-bond donors (Lipinski definition) is 1. The Bertz CT molecular complexity index is 1020. The van der Waals surface area contributed by atoms with Crippen molar-refractivity contribution in [2.75, 3.05) is 19.8 Å². The van der Waals surface area contributed by atoms with Gasteiger partial charge in [0.2, 0.25) is 0 Å². The third-order valence-corrected chi connectivity index (χ3v) is 5.96. The smallest absolute Gasteiger partial charge is 0.258 e. The highest BCUT2D eigenvalue weighted by Crippen LogP contribution is 2.35. The molecule has 1 saturated heterocycles. The average Bonchev–Trinajstić information content (AvgIpc) is 3.07. The molecule has 1 amide bonds. The summed E-state index contributed by atoms with van der Waals surface area (Å²) in [4.78, 5) is 17.4. The number of carbonyl (C=O) groups excluding carboxylic acids is 1. The Balaban J connectivity index is 1.63. The van der Waals surface area contributed by atoms with E-state index >= 15 is 0 Å². The molecule has 1 aromatic carbocycles. The van der Waals surface area contributed by atoms with Gasteiger partial charge < -0.3 is 14.6 Å². The summed E-state index contributed by atoms with van der Waals surface area (Å²) in [5.41, 5.74) is 3.40. The largest absolute Gasteiger partial charge is 0.381 e. The molecule has 0 saturated carbocycles. The van der Waals surface area contributed by atoms with E-state index in [0.29, 0.717) is 42.1 Å². The fourth-order valence-corrected chi connectivity index (χ4v) is 4.29. The van der Waals surface area contributed by atoms with Gasteiger partial charge in [0.25, 0.3) is 11.6 Å². The van der Waals surface area contributed by atoms with Crippen LogP contribution in [0.1, 0.15) is 40.2 Å². The van der Waals surface area contributed by atoms with Crippen LogP contribution in [0.15, 0.2) is 39.3 Å². The van der Waals surface area contributed by atoms with Gasteiger partial charge in [-0.05, 0) is 50.5 Å². The Kier molecular flexibility index (Phi) is 5.21. The molecule has 146 valence electrons. The molecule has 0 bridgehead atoms. The summed E-state index contributed by atoms with van der Waals surface area (Å²) in [6.07, 6.45) is 1.72. The van der Waals surface area contributed by atoms with Gasteiger partial charge in [0.15, 0.2) is 0 Å². The van der Waals surface area contributed by atoms with E-state index < -0.39 is 0 Å². The number of aromatic nitrogens is 2. The van der Waals surface area contributed by atoms with Crippen molar-refractivity contribution >= 4 is 32.9 Å². The van der Waals surface area contributed by atoms with E-state index in [9.17, 15) is 4.79 Å². The predicted octanol–water partition coefficient (Wildman–Crippen LogP) is 4.08. The van der Waals surface area contributed by atoms with Gasteiger partial charge in [-0.25, -0.2) is 4.98 Å². The lowest BCUT2D eigenvalue weighted by molar-refractivity contribution is 0.0487. The molecule has 1 aliphatic heterocycles. The van der Waals surface area contributed by atoms with Gasteiger partial charge in [-0.3, -0.25) is 4.79 Å². The molecule has 7 heteroatoms. The van der Waals surface area contributed by atoms with Crippen molar-refractivity contribution < 1.29 is 14.1 Å². The van der Waals surface area contributed by atoms with Crippen LogP contribution in [0.2, 0.25) is 0 Å². The van der Waals surface area contributed by atoms with Gasteiger partial charge in [-0.15, -0.1) is 0 Å². The summed E-state index contributed by atoms with van der Waals surface area (Å²) >= 11 is 3.57. The van der Waals surface area contributed by atoms with Gasteiger partial charge >= 0.3 is 0 Å². The molecule has 0 radical (unpaired) electrons. The van der Waals surface area contributed by atoms with Crippen LogP contribution < -0.4 is 5.32 Å². The Labute approximate surface area is 171 Å². The second kappa shape index (κ2) is 7.64. The number of nitrogens with zero attached hydrogens (tertiary/aromatic N) is 2. The Morgan fingerprint density at radius 3 is 2.79 bits per heavy atom. The zero-order valence-corrected chi connectivity index (χ0v) is 17.5. The molecule has 0 aliphatic carbocycles. The van der Waals surface area contributed by atoms with Crippen molar-refractivity contribution in [3.05, 3.63) is 57.3 Å². The van der Waals surface area contributed by atoms with Crippen LogP contribution in [-0.2, 0) is 10.2 Å². The molecule has 4 rings (SSSR count). The molecule has 6 nitrogen and oxygen atoms in total. The highest BCUT2D eigenvalue weighted by Gasteiger charge is 2.35. The first-order valence-electron chi connectivity index (χ1n) is 9.34. The maximum Gasteiger partial charge on any atom is 0.258 e. The number of hydrogen-bond acceptors (Lipinski definition) is 5. The standard InChI is InChI=1S/C21H22BrN3O3/c1-13-10-17(18-14(2)25-28-20(18)24-13)19(26)23-12-21(6-8-27-9-7-21)15-4-3-5-16(22)11-15/h3-5,10-11H,6-9,12H2,1-2H3,(H,23,26). The first kappa shape index (κ1) is 19.1. The van der Waals surface area contributed by atoms with Crippen molar-refractivity contribution in [3.8, 4) is 0 Å². The number of carbonyl (C=O) groups is 1. The van der Waals surface area contributed by atoms with E-state index in [1.54, 1.807) is 6.07 Å². The number of aryl methyl sites for hydroxylation is 2. The molecule has 28 heavy (non-hydrogen) atoms. The molecule has 0 unspecified atom stereocenters. The van der Waals surface area contributed by atoms with E-state index in [1.807, 2.05) is 26.0 Å². The number of ether oxygens (including phenoxy) is 1. The van der Waals surface area contributed by atoms with Crippen LogP contribution in [0, 0.1) is 13.8 Å². The topological polar surface area (TPSA) is 77.2 Å². The Hall–Kier alpha value is -2.25. The number of nitrogens with one attached hydrogen (secondary N) is 1. The maximum atomic E-state index is 13.1. The number of fused-ring (bicyclic) bond motifs is 1. The summed E-state index contributed by atoms with van der Waals surface area (Å²) in [6.45, 7) is 5.58. The average molecular weight is 444 g/mol. The minimum Gasteiger partial charge on any atom is -0.381 e. The second-order valence-electron chi connectivity index (χ2n) is 7.35. The number of pyridine rings is 1. The van der Waals surface area contributed by atoms with Gasteiger partial charge in [0.05, 0.1) is 16.6 Å². The van der Waals surface area contributed by atoms with E-state index in [2.05, 4.69) is 43.5 Å². The summed E-state index contributed by atoms with van der Waals surface area (Å²) in [5, 5.41) is 7.79. The molecule has 3 aromatic rings. The van der Waals surface area contributed by atoms with Crippen LogP contribution >= 0.6 is 15.9 Å². The first-order chi connectivity index (χ1) is 13.5. The summed E-state index contributed by atoms with van der Waals surface area (Å²) in [7, 11) is 0. The monoisotopic (exact) mass is 443 g/mol. The fourth-order valence-electron chi connectivity index (χ4n) is 3.89. The highest BCUT2D eigenvalue weighted by atomic mass is 79.9. The van der Waals surface area contributed by atoms with E-state index in [4.69, 9.17) is 9.26 Å². The molecule has 2 aromatic heterocycles. The van der Waals surface area contributed by atoms with E-state index in [1.165, 1.54) is 5.56 Å². The molecule has 3 heterocycles. The lowest BCUT2D eigenvalue weighted by atomic mass is 9.74. The van der Waals surface area contributed by atoms with Crippen molar-refractivity contribution in [3.63, 3.8) is 0 Å². The van der Waals surface area contributed by atoms with E-state index in [0.717, 1.165) is 23.0 Å². The Morgan fingerprint density at radius 2 is 2.04 bits per heavy atom. The summed E-state index contributed by atoms with van der Waals surface area (Å²) < 4.78 is 11.9. The van der Waals surface area contributed by atoms with Gasteiger partial charge in [0, 0.05) is 35.3 Å². The Morgan fingerprint density at radius 1 is 1.25 bits per heavy atom. The van der Waals surface area contributed by atoms with Crippen molar-refractivity contribution in [1.82, 2.24) is 15.5 Å². The van der Waals surface area contributed by atoms with Gasteiger partial charge in [0.1, 0.15) is 0 Å². The van der Waals surface area contributed by atoms with E-state index in [-0.39, 0.29) is 11.3 Å². The molecular weight excluding hydrogens is 422 g/mol. The third-order valence-electron chi connectivity index (χ3n) is 5.46. The van der Waals surface area contributed by atoms with Crippen LogP contribution in [0.4, 0.5) is 0 Å². The van der Waals surface area contributed by atoms with Gasteiger partial charge in [-0.2, -0.15) is 0 Å². The van der Waals surface area contributed by atoms with Crippen LogP contribution in [0.3, 0.4) is 0 Å². The zero-order valence-electron chi connectivity index (χ0n) is 15.9. The molecule has 1 fully saturated rings. The second-order valence-corrected chi connectivity index (χ2v) is 8.26. The van der Waals surface area contributed by atoms with Crippen LogP contribution in [0.25, 0.3) is 11.1 Å². The van der Waals surface area contributed by atoms with Crippen LogP contribution in [0.5, 0.6) is 0 Å². The van der Waals surface area contributed by atoms with Crippen LogP contribution in [-0.4, -0.2) is 35.8 Å². The molecule has 1 aliphatic rings. The predicted molar refractivity (Wildman–Crippen MR) is 109 cm³/mol. The minimum absolute atomic E-state index is 0.136. The van der Waals surface area contributed by atoms with Crippen molar-refractivity contribution in [2.45, 2.75) is 32.1 Å². The highest BCUT2D eigenvalue weighted by molar-refractivity contribution is 9.10. The van der Waals surface area contributed by atoms with Crippen molar-refractivity contribution in [2.24, 2.45) is 0 Å². The fraction of sp³-hybridized carbons (Fsp3) is 0.381. The first-order valence-corrected chi connectivity index (χ1v) is 10.1. The SMILES string of the molecule is Cc1cc(C(=O)NCC2(c3cccc(Br)c3)CCOCC2)c2c(C)noc2n1. The number of rotatable bonds is 4. The normalized spacial score (nSPS) is 16.2. The molecular formula is C21H22BrN3O3. The number of halogens is 1. The lowest BCUT2D eigenvalue weighted by Gasteiger charge is -2.38. The number of amides is 1. The van der Waals surface area contributed by atoms with Gasteiger partial charge in [-0.1, -0.05) is 33.2 Å². The van der Waals surface area contributed by atoms with Crippen molar-refractivity contribution in [1.29, 1.82) is 0 Å². The summed E-state index contributed by atoms with van der Waals surface area (Å²) in [6, 6.07) is 10.1. The number of benzene rings is 1.